The Hall–Kier alpha value is -3.75. The molecule has 2 rings (SSSR count). The molecule has 0 atom stereocenters. The van der Waals surface area contributed by atoms with Gasteiger partial charge >= 0.3 is 11.9 Å². The normalized spacial score (nSPS) is 10.5. The Morgan fingerprint density at radius 1 is 0.844 bits per heavy atom. The van der Waals surface area contributed by atoms with Gasteiger partial charge in [0.15, 0.2) is 23.1 Å². The molecular formula is C23H23FO8. The number of carbonyl (C=O) groups is 4. The van der Waals surface area contributed by atoms with E-state index < -0.39 is 69.9 Å². The second-order valence-electron chi connectivity index (χ2n) is 6.70. The van der Waals surface area contributed by atoms with Crippen LogP contribution in [0.4, 0.5) is 4.39 Å². The number of carbonyl (C=O) groups excluding carboxylic acids is 4. The number of benzene rings is 2. The number of ketones is 2. The number of halogens is 1. The minimum absolute atomic E-state index is 0.0354. The molecule has 32 heavy (non-hydrogen) atoms. The summed E-state index contributed by atoms with van der Waals surface area (Å²) < 4.78 is 24.1. The van der Waals surface area contributed by atoms with Crippen LogP contribution in [-0.4, -0.2) is 33.7 Å². The molecular weight excluding hydrogens is 423 g/mol. The van der Waals surface area contributed by atoms with Crippen LogP contribution in [0.15, 0.2) is 24.3 Å². The molecule has 2 N–H and O–H groups in total. The SMILES string of the molecule is CCC(=O)Oc1c(O)c(O)c(C(=O)CC)c(C(=O)OCc2ccccc2F)c1C(=O)CC. The van der Waals surface area contributed by atoms with Crippen LogP contribution in [0.5, 0.6) is 17.2 Å². The standard InChI is InChI=1S/C23H23FO8/c1-4-14(25)17-19(23(30)31-11-12-9-7-8-10-13(12)24)18(15(26)5-2)22(21(29)20(17)28)32-16(27)6-3/h7-10,28-29H,4-6,11H2,1-3H3. The maximum absolute atomic E-state index is 13.9. The van der Waals surface area contributed by atoms with Crippen LogP contribution in [0.3, 0.4) is 0 Å². The molecule has 0 aliphatic rings. The van der Waals surface area contributed by atoms with Crippen molar-refractivity contribution in [2.75, 3.05) is 0 Å². The van der Waals surface area contributed by atoms with E-state index >= 15 is 0 Å². The summed E-state index contributed by atoms with van der Waals surface area (Å²) in [7, 11) is 0. The molecule has 0 fully saturated rings. The third-order valence-corrected chi connectivity index (χ3v) is 4.63. The minimum Gasteiger partial charge on any atom is -0.504 e. The van der Waals surface area contributed by atoms with Gasteiger partial charge in [-0.25, -0.2) is 9.18 Å². The van der Waals surface area contributed by atoms with Gasteiger partial charge in [0.25, 0.3) is 0 Å². The highest BCUT2D eigenvalue weighted by Gasteiger charge is 2.35. The highest BCUT2D eigenvalue weighted by Crippen LogP contribution is 2.45. The van der Waals surface area contributed by atoms with Crippen molar-refractivity contribution in [2.45, 2.75) is 46.6 Å². The highest BCUT2D eigenvalue weighted by molar-refractivity contribution is 6.17. The van der Waals surface area contributed by atoms with Gasteiger partial charge in [0, 0.05) is 24.8 Å². The van der Waals surface area contributed by atoms with Gasteiger partial charge in [-0.05, 0) is 6.07 Å². The van der Waals surface area contributed by atoms with Crippen molar-refractivity contribution < 1.29 is 43.3 Å². The quantitative estimate of drug-likeness (QED) is 0.255. The summed E-state index contributed by atoms with van der Waals surface area (Å²) in [5, 5.41) is 20.9. The lowest BCUT2D eigenvalue weighted by atomic mass is 9.91. The molecule has 2 aromatic rings. The molecule has 170 valence electrons. The Balaban J connectivity index is 2.74. The first kappa shape index (κ1) is 24.5. The molecule has 0 heterocycles. The van der Waals surface area contributed by atoms with E-state index in [1.54, 1.807) is 0 Å². The lowest BCUT2D eigenvalue weighted by Gasteiger charge is -2.19. The molecule has 0 aliphatic heterocycles. The molecule has 0 unspecified atom stereocenters. The zero-order valence-electron chi connectivity index (χ0n) is 17.9. The van der Waals surface area contributed by atoms with Crippen molar-refractivity contribution in [3.05, 3.63) is 52.3 Å². The maximum Gasteiger partial charge on any atom is 0.340 e. The average molecular weight is 446 g/mol. The molecule has 0 saturated heterocycles. The molecule has 0 aliphatic carbocycles. The van der Waals surface area contributed by atoms with Crippen molar-refractivity contribution in [1.29, 1.82) is 0 Å². The van der Waals surface area contributed by atoms with E-state index in [1.807, 2.05) is 0 Å². The molecule has 0 saturated carbocycles. The second-order valence-corrected chi connectivity index (χ2v) is 6.70. The van der Waals surface area contributed by atoms with Crippen molar-refractivity contribution in [1.82, 2.24) is 0 Å². The van der Waals surface area contributed by atoms with E-state index in [4.69, 9.17) is 9.47 Å². The summed E-state index contributed by atoms with van der Waals surface area (Å²) in [6, 6.07) is 5.51. The van der Waals surface area contributed by atoms with E-state index in [1.165, 1.54) is 39.0 Å². The lowest BCUT2D eigenvalue weighted by molar-refractivity contribution is -0.134. The predicted molar refractivity (Wildman–Crippen MR) is 110 cm³/mol. The zero-order valence-corrected chi connectivity index (χ0v) is 17.9. The number of phenolic OH excluding ortho intramolecular Hbond substituents is 2. The molecule has 0 radical (unpaired) electrons. The Morgan fingerprint density at radius 2 is 1.44 bits per heavy atom. The number of aromatic hydroxyl groups is 2. The number of Topliss-reactive ketones (excluding diaryl/α,β-unsaturated/α-hetero) is 2. The smallest absolute Gasteiger partial charge is 0.340 e. The summed E-state index contributed by atoms with van der Waals surface area (Å²) in [6.07, 6.45) is -0.509. The van der Waals surface area contributed by atoms with Crippen LogP contribution in [0.1, 0.15) is 76.7 Å². The Labute approximate surface area is 183 Å². The van der Waals surface area contributed by atoms with Gasteiger partial charge in [-0.1, -0.05) is 39.0 Å². The fraction of sp³-hybridized carbons (Fsp3) is 0.304. The first-order chi connectivity index (χ1) is 15.2. The van der Waals surface area contributed by atoms with Crippen LogP contribution in [0.25, 0.3) is 0 Å². The van der Waals surface area contributed by atoms with Crippen LogP contribution in [-0.2, 0) is 16.1 Å². The molecule has 0 aromatic heterocycles. The largest absolute Gasteiger partial charge is 0.504 e. The monoisotopic (exact) mass is 446 g/mol. The zero-order chi connectivity index (χ0) is 24.0. The predicted octanol–water partition coefficient (Wildman–Crippen LogP) is 4.09. The number of hydrogen-bond acceptors (Lipinski definition) is 8. The van der Waals surface area contributed by atoms with Gasteiger partial charge < -0.3 is 19.7 Å². The van der Waals surface area contributed by atoms with Gasteiger partial charge in [0.1, 0.15) is 12.4 Å². The average Bonchev–Trinajstić information content (AvgIpc) is 2.79. The third-order valence-electron chi connectivity index (χ3n) is 4.63. The van der Waals surface area contributed by atoms with E-state index in [9.17, 15) is 33.8 Å². The summed E-state index contributed by atoms with van der Waals surface area (Å²) >= 11 is 0. The number of esters is 2. The van der Waals surface area contributed by atoms with Gasteiger partial charge in [-0.3, -0.25) is 14.4 Å². The first-order valence-corrected chi connectivity index (χ1v) is 9.97. The van der Waals surface area contributed by atoms with Crippen molar-refractivity contribution in [3.8, 4) is 17.2 Å². The minimum atomic E-state index is -1.23. The van der Waals surface area contributed by atoms with Gasteiger partial charge in [-0.15, -0.1) is 0 Å². The summed E-state index contributed by atoms with van der Waals surface area (Å²) in [5.41, 5.74) is -1.83. The van der Waals surface area contributed by atoms with Crippen LogP contribution < -0.4 is 4.74 Å². The summed E-state index contributed by atoms with van der Waals surface area (Å²) in [6.45, 7) is 3.82. The van der Waals surface area contributed by atoms with Crippen LogP contribution >= 0.6 is 0 Å². The fourth-order valence-corrected chi connectivity index (χ4v) is 2.91. The number of hydrogen-bond donors (Lipinski definition) is 2. The number of phenols is 2. The molecule has 0 bridgehead atoms. The Bertz CT molecular complexity index is 1070. The van der Waals surface area contributed by atoms with Crippen molar-refractivity contribution in [3.63, 3.8) is 0 Å². The number of rotatable bonds is 9. The molecule has 9 heteroatoms. The summed E-state index contributed by atoms with van der Waals surface area (Å²) in [4.78, 5) is 50.1. The second kappa shape index (κ2) is 10.5. The molecule has 8 nitrogen and oxygen atoms in total. The number of ether oxygens (including phenoxy) is 2. The Kier molecular flexibility index (Phi) is 8.06. The van der Waals surface area contributed by atoms with E-state index in [0.717, 1.165) is 6.07 Å². The van der Waals surface area contributed by atoms with Crippen molar-refractivity contribution in [2.24, 2.45) is 0 Å². The van der Waals surface area contributed by atoms with Gasteiger partial charge in [0.2, 0.25) is 5.75 Å². The maximum atomic E-state index is 13.9. The van der Waals surface area contributed by atoms with Gasteiger partial charge in [-0.2, -0.15) is 0 Å². The highest BCUT2D eigenvalue weighted by atomic mass is 19.1. The molecule has 0 spiro atoms. The first-order valence-electron chi connectivity index (χ1n) is 9.97. The van der Waals surface area contributed by atoms with E-state index in [2.05, 4.69) is 0 Å². The molecule has 0 amide bonds. The lowest BCUT2D eigenvalue weighted by Crippen LogP contribution is -2.20. The van der Waals surface area contributed by atoms with Crippen LogP contribution in [0.2, 0.25) is 0 Å². The topological polar surface area (TPSA) is 127 Å². The summed E-state index contributed by atoms with van der Waals surface area (Å²) in [5.74, 6) is -7.03. The van der Waals surface area contributed by atoms with E-state index in [0.29, 0.717) is 0 Å². The van der Waals surface area contributed by atoms with Crippen molar-refractivity contribution >= 4 is 23.5 Å². The third kappa shape index (κ3) is 4.93. The fourth-order valence-electron chi connectivity index (χ4n) is 2.91. The Morgan fingerprint density at radius 3 is 2.00 bits per heavy atom. The molecule has 2 aromatic carbocycles. The van der Waals surface area contributed by atoms with Crippen LogP contribution in [0, 0.1) is 5.82 Å². The van der Waals surface area contributed by atoms with Gasteiger partial charge in [0.05, 0.1) is 16.7 Å². The van der Waals surface area contributed by atoms with E-state index in [-0.39, 0.29) is 24.8 Å².